The molecule has 0 fully saturated rings. The molecule has 3 aromatic rings. The second kappa shape index (κ2) is 10.2. The normalized spacial score (nSPS) is 12.9. The molecule has 0 radical (unpaired) electrons. The van der Waals surface area contributed by atoms with Gasteiger partial charge in [-0.3, -0.25) is 0 Å². The van der Waals surface area contributed by atoms with E-state index in [9.17, 15) is 14.7 Å². The van der Waals surface area contributed by atoms with Gasteiger partial charge in [0, 0.05) is 12.3 Å². The van der Waals surface area contributed by atoms with Gasteiger partial charge < -0.3 is 24.6 Å². The standard InChI is InChI=1S/C26H24BrNO6/c1-32-22-12-15(13-23(33-2)24(22)27)11-21(25(29)30)28-26(31)34-14-20-18-9-5-3-7-16(18)17-8-4-6-10-19(17)20/h3-10,12-13,20-21H,11,14H2,1-2H3,(H,28,31)(H,29,30). The van der Waals surface area contributed by atoms with E-state index < -0.39 is 18.1 Å². The maximum atomic E-state index is 12.6. The molecule has 34 heavy (non-hydrogen) atoms. The fourth-order valence-electron chi connectivity index (χ4n) is 4.26. The van der Waals surface area contributed by atoms with Crippen LogP contribution < -0.4 is 14.8 Å². The Bertz CT molecular complexity index is 1160. The monoisotopic (exact) mass is 525 g/mol. The summed E-state index contributed by atoms with van der Waals surface area (Å²) in [6, 6.07) is 18.2. The van der Waals surface area contributed by atoms with Gasteiger partial charge in [0.25, 0.3) is 0 Å². The Morgan fingerprint density at radius 2 is 1.50 bits per heavy atom. The van der Waals surface area contributed by atoms with E-state index in [1.54, 1.807) is 12.1 Å². The Morgan fingerprint density at radius 3 is 2.00 bits per heavy atom. The van der Waals surface area contributed by atoms with Crippen LogP contribution in [0.2, 0.25) is 0 Å². The maximum Gasteiger partial charge on any atom is 0.407 e. The topological polar surface area (TPSA) is 94.1 Å². The number of halogens is 1. The molecule has 0 saturated heterocycles. The van der Waals surface area contributed by atoms with Crippen molar-refractivity contribution in [3.63, 3.8) is 0 Å². The van der Waals surface area contributed by atoms with E-state index in [1.165, 1.54) is 14.2 Å². The fourth-order valence-corrected chi connectivity index (χ4v) is 4.81. The number of carbonyl (C=O) groups is 2. The molecule has 7 nitrogen and oxygen atoms in total. The highest BCUT2D eigenvalue weighted by Crippen LogP contribution is 2.44. The zero-order valence-electron chi connectivity index (χ0n) is 18.7. The van der Waals surface area contributed by atoms with Gasteiger partial charge in [0.1, 0.15) is 28.6 Å². The average Bonchev–Trinajstić information content (AvgIpc) is 3.16. The molecule has 1 aliphatic carbocycles. The zero-order valence-corrected chi connectivity index (χ0v) is 20.3. The number of amides is 1. The predicted molar refractivity (Wildman–Crippen MR) is 131 cm³/mol. The van der Waals surface area contributed by atoms with Crippen molar-refractivity contribution in [1.82, 2.24) is 5.32 Å². The number of carbonyl (C=O) groups excluding carboxylic acids is 1. The number of aliphatic carboxylic acids is 1. The lowest BCUT2D eigenvalue weighted by Gasteiger charge is -2.18. The molecule has 0 heterocycles. The van der Waals surface area contributed by atoms with Crippen LogP contribution in [0.5, 0.6) is 11.5 Å². The molecule has 0 saturated carbocycles. The van der Waals surface area contributed by atoms with Crippen molar-refractivity contribution in [2.75, 3.05) is 20.8 Å². The van der Waals surface area contributed by atoms with Crippen molar-refractivity contribution < 1.29 is 28.9 Å². The molecule has 1 atom stereocenters. The van der Waals surface area contributed by atoms with E-state index in [0.717, 1.165) is 22.3 Å². The van der Waals surface area contributed by atoms with Gasteiger partial charge in [0.2, 0.25) is 0 Å². The van der Waals surface area contributed by atoms with Crippen molar-refractivity contribution >= 4 is 28.0 Å². The summed E-state index contributed by atoms with van der Waals surface area (Å²) < 4.78 is 16.8. The molecule has 3 aromatic carbocycles. The van der Waals surface area contributed by atoms with Crippen molar-refractivity contribution in [3.8, 4) is 22.6 Å². The van der Waals surface area contributed by atoms with Crippen LogP contribution >= 0.6 is 15.9 Å². The molecule has 0 spiro atoms. The van der Waals surface area contributed by atoms with Gasteiger partial charge in [-0.2, -0.15) is 0 Å². The van der Waals surface area contributed by atoms with E-state index >= 15 is 0 Å². The lowest BCUT2D eigenvalue weighted by molar-refractivity contribution is -0.139. The van der Waals surface area contributed by atoms with Crippen LogP contribution in [0.3, 0.4) is 0 Å². The number of rotatable bonds is 8. The molecule has 1 amide bonds. The van der Waals surface area contributed by atoms with Crippen molar-refractivity contribution in [2.24, 2.45) is 0 Å². The zero-order chi connectivity index (χ0) is 24.2. The molecule has 0 aromatic heterocycles. The minimum absolute atomic E-state index is 0.0273. The summed E-state index contributed by atoms with van der Waals surface area (Å²) in [7, 11) is 3.01. The molecular formula is C26H24BrNO6. The minimum atomic E-state index is -1.19. The summed E-state index contributed by atoms with van der Waals surface area (Å²) >= 11 is 3.39. The largest absolute Gasteiger partial charge is 0.495 e. The van der Waals surface area contributed by atoms with Gasteiger partial charge in [0.15, 0.2) is 0 Å². The third-order valence-corrected chi connectivity index (χ3v) is 6.66. The number of hydrogen-bond acceptors (Lipinski definition) is 5. The molecule has 2 N–H and O–H groups in total. The molecule has 0 bridgehead atoms. The lowest BCUT2D eigenvalue weighted by Crippen LogP contribution is -2.42. The first kappa shape index (κ1) is 23.6. The van der Waals surface area contributed by atoms with E-state index in [2.05, 4.69) is 33.4 Å². The van der Waals surface area contributed by atoms with Crippen LogP contribution in [0.4, 0.5) is 4.79 Å². The van der Waals surface area contributed by atoms with E-state index in [-0.39, 0.29) is 18.9 Å². The van der Waals surface area contributed by atoms with Crippen LogP contribution in [0.1, 0.15) is 22.6 Å². The first-order valence-corrected chi connectivity index (χ1v) is 11.5. The molecule has 8 heteroatoms. The highest BCUT2D eigenvalue weighted by molar-refractivity contribution is 9.10. The van der Waals surface area contributed by atoms with Crippen molar-refractivity contribution in [3.05, 3.63) is 81.8 Å². The van der Waals surface area contributed by atoms with Crippen LogP contribution in [0.15, 0.2) is 65.1 Å². The number of alkyl carbamates (subject to hydrolysis) is 1. The third kappa shape index (κ3) is 4.72. The molecule has 1 aliphatic rings. The van der Waals surface area contributed by atoms with Crippen LogP contribution in [-0.2, 0) is 16.0 Å². The maximum absolute atomic E-state index is 12.6. The van der Waals surface area contributed by atoms with Crippen molar-refractivity contribution in [2.45, 2.75) is 18.4 Å². The Morgan fingerprint density at radius 1 is 0.971 bits per heavy atom. The Hall–Kier alpha value is -3.52. The van der Waals surface area contributed by atoms with Gasteiger partial charge in [-0.15, -0.1) is 0 Å². The number of methoxy groups -OCH3 is 2. The quantitative estimate of drug-likeness (QED) is 0.429. The Kier molecular flexibility index (Phi) is 7.07. The van der Waals surface area contributed by atoms with Gasteiger partial charge in [0.05, 0.1) is 14.2 Å². The number of nitrogens with one attached hydrogen (secondary N) is 1. The number of carboxylic acids is 1. The summed E-state index contributed by atoms with van der Waals surface area (Å²) in [6.07, 6.45) is -0.759. The smallest absolute Gasteiger partial charge is 0.407 e. The summed E-state index contributed by atoms with van der Waals surface area (Å²) in [4.78, 5) is 24.4. The van der Waals surface area contributed by atoms with Crippen molar-refractivity contribution in [1.29, 1.82) is 0 Å². The van der Waals surface area contributed by atoms with Crippen LogP contribution in [-0.4, -0.2) is 44.0 Å². The van der Waals surface area contributed by atoms with Gasteiger partial charge in [-0.25, -0.2) is 9.59 Å². The highest BCUT2D eigenvalue weighted by atomic mass is 79.9. The molecule has 0 aliphatic heterocycles. The summed E-state index contributed by atoms with van der Waals surface area (Å²) in [5.74, 6) is -0.282. The number of hydrogen-bond donors (Lipinski definition) is 2. The number of benzene rings is 3. The first-order chi connectivity index (χ1) is 16.4. The van der Waals surface area contributed by atoms with Crippen LogP contribution in [0, 0.1) is 0 Å². The number of carboxylic acid groups (broad SMARTS) is 1. The minimum Gasteiger partial charge on any atom is -0.495 e. The third-order valence-electron chi connectivity index (χ3n) is 5.88. The molecular weight excluding hydrogens is 502 g/mol. The average molecular weight is 526 g/mol. The van der Waals surface area contributed by atoms with Gasteiger partial charge in [-0.1, -0.05) is 48.5 Å². The lowest BCUT2D eigenvalue weighted by atomic mass is 9.98. The highest BCUT2D eigenvalue weighted by Gasteiger charge is 2.30. The SMILES string of the molecule is COc1cc(CC(NC(=O)OCC2c3ccccc3-c3ccccc32)C(=O)O)cc(OC)c1Br. The molecule has 4 rings (SSSR count). The van der Waals surface area contributed by atoms with Crippen LogP contribution in [0.25, 0.3) is 11.1 Å². The molecule has 1 unspecified atom stereocenters. The van der Waals surface area contributed by atoms with Gasteiger partial charge >= 0.3 is 12.1 Å². The summed E-state index contributed by atoms with van der Waals surface area (Å²) in [5, 5.41) is 12.2. The first-order valence-electron chi connectivity index (χ1n) is 10.7. The molecule has 176 valence electrons. The predicted octanol–water partition coefficient (Wildman–Crippen LogP) is 5.00. The second-order valence-electron chi connectivity index (χ2n) is 7.88. The second-order valence-corrected chi connectivity index (χ2v) is 8.67. The van der Waals surface area contributed by atoms with Gasteiger partial charge in [-0.05, 0) is 55.9 Å². The van der Waals surface area contributed by atoms with E-state index in [0.29, 0.717) is 21.5 Å². The number of ether oxygens (including phenoxy) is 3. The van der Waals surface area contributed by atoms with E-state index in [1.807, 2.05) is 36.4 Å². The summed E-state index contributed by atoms with van der Waals surface area (Å²) in [6.45, 7) is 0.103. The Balaban J connectivity index is 1.45. The van der Waals surface area contributed by atoms with E-state index in [4.69, 9.17) is 14.2 Å². The summed E-state index contributed by atoms with van der Waals surface area (Å²) in [5.41, 5.74) is 5.03. The number of fused-ring (bicyclic) bond motifs is 3. The Labute approximate surface area is 205 Å². The fraction of sp³-hybridized carbons (Fsp3) is 0.231.